The van der Waals surface area contributed by atoms with E-state index in [2.05, 4.69) is 20.5 Å². The number of aromatic nitrogens is 3. The number of nitrogens with one attached hydrogen (secondary N) is 1. The Morgan fingerprint density at radius 2 is 1.48 bits per heavy atom. The highest BCUT2D eigenvalue weighted by atomic mass is 16.4. The van der Waals surface area contributed by atoms with E-state index in [-0.39, 0.29) is 11.8 Å². The lowest BCUT2D eigenvalue weighted by Crippen LogP contribution is -2.31. The van der Waals surface area contributed by atoms with Crippen LogP contribution in [0.25, 0.3) is 11.5 Å². The number of hydrogen-bond acceptors (Lipinski definition) is 5. The predicted octanol–water partition coefficient (Wildman–Crippen LogP) is 3.62. The van der Waals surface area contributed by atoms with Gasteiger partial charge in [0, 0.05) is 30.9 Å². The van der Waals surface area contributed by atoms with E-state index in [9.17, 15) is 4.79 Å². The first kappa shape index (κ1) is 18.6. The van der Waals surface area contributed by atoms with Crippen molar-refractivity contribution in [1.82, 2.24) is 20.5 Å². The van der Waals surface area contributed by atoms with Crippen molar-refractivity contribution in [1.29, 1.82) is 0 Å². The lowest BCUT2D eigenvalue weighted by molar-refractivity contribution is -0.121. The molecule has 0 saturated heterocycles. The Bertz CT molecular complexity index is 1010. The van der Waals surface area contributed by atoms with Crippen molar-refractivity contribution < 1.29 is 9.21 Å². The first-order valence-electron chi connectivity index (χ1n) is 9.41. The van der Waals surface area contributed by atoms with Crippen LogP contribution < -0.4 is 5.32 Å². The smallest absolute Gasteiger partial charge is 0.247 e. The van der Waals surface area contributed by atoms with Crippen LogP contribution in [0.3, 0.4) is 0 Å². The van der Waals surface area contributed by atoms with Crippen LogP contribution in [0.15, 0.2) is 89.6 Å². The number of nitrogens with zero attached hydrogens (tertiary/aromatic N) is 3. The Balaban J connectivity index is 1.42. The van der Waals surface area contributed by atoms with Gasteiger partial charge >= 0.3 is 0 Å². The maximum absolute atomic E-state index is 13.0. The summed E-state index contributed by atoms with van der Waals surface area (Å²) >= 11 is 0. The van der Waals surface area contributed by atoms with Crippen molar-refractivity contribution in [2.24, 2.45) is 0 Å². The molecule has 2 heterocycles. The third-order valence-corrected chi connectivity index (χ3v) is 4.56. The molecule has 0 saturated carbocycles. The summed E-state index contributed by atoms with van der Waals surface area (Å²) in [6, 6.07) is 23.1. The summed E-state index contributed by atoms with van der Waals surface area (Å²) in [5.74, 6) is 0.497. The van der Waals surface area contributed by atoms with Gasteiger partial charge in [-0.15, -0.1) is 10.2 Å². The van der Waals surface area contributed by atoms with E-state index < -0.39 is 0 Å². The van der Waals surface area contributed by atoms with Gasteiger partial charge in [-0.3, -0.25) is 9.78 Å². The summed E-state index contributed by atoms with van der Waals surface area (Å²) in [6.45, 7) is 0.410. The number of pyridine rings is 1. The molecule has 4 rings (SSSR count). The molecule has 0 bridgehead atoms. The van der Waals surface area contributed by atoms with Crippen LogP contribution in [-0.2, 0) is 11.2 Å². The second kappa shape index (κ2) is 8.93. The van der Waals surface area contributed by atoms with Gasteiger partial charge in [0.1, 0.15) is 0 Å². The van der Waals surface area contributed by atoms with Crippen molar-refractivity contribution in [2.45, 2.75) is 12.3 Å². The van der Waals surface area contributed by atoms with E-state index in [1.54, 1.807) is 12.4 Å². The first-order chi connectivity index (χ1) is 14.3. The summed E-state index contributed by atoms with van der Waals surface area (Å²) < 4.78 is 5.68. The molecule has 144 valence electrons. The minimum atomic E-state index is -0.368. The van der Waals surface area contributed by atoms with Gasteiger partial charge in [0.05, 0.1) is 5.92 Å². The number of rotatable bonds is 7. The fourth-order valence-corrected chi connectivity index (χ4v) is 3.15. The van der Waals surface area contributed by atoms with Crippen LogP contribution in [0.4, 0.5) is 0 Å². The molecule has 0 fully saturated rings. The zero-order valence-electron chi connectivity index (χ0n) is 15.7. The van der Waals surface area contributed by atoms with Crippen LogP contribution >= 0.6 is 0 Å². The van der Waals surface area contributed by atoms with Crippen molar-refractivity contribution >= 4 is 5.91 Å². The molecule has 0 aliphatic heterocycles. The van der Waals surface area contributed by atoms with E-state index in [0.29, 0.717) is 24.7 Å². The first-order valence-corrected chi connectivity index (χ1v) is 9.41. The molecule has 2 aromatic carbocycles. The molecular weight excluding hydrogens is 364 g/mol. The molecule has 6 heteroatoms. The van der Waals surface area contributed by atoms with E-state index >= 15 is 0 Å². The molecule has 4 aromatic rings. The summed E-state index contributed by atoms with van der Waals surface area (Å²) in [5, 5.41) is 11.1. The second-order valence-electron chi connectivity index (χ2n) is 6.53. The van der Waals surface area contributed by atoms with Crippen LogP contribution in [0.2, 0.25) is 0 Å². The molecule has 2 aromatic heterocycles. The third kappa shape index (κ3) is 4.55. The SMILES string of the molecule is O=C(NCCc1nnc(-c2ccncc2)o1)C(c1ccccc1)c1ccccc1. The summed E-state index contributed by atoms with van der Waals surface area (Å²) in [6.07, 6.45) is 3.81. The van der Waals surface area contributed by atoms with E-state index in [0.717, 1.165) is 16.7 Å². The molecule has 29 heavy (non-hydrogen) atoms. The molecular formula is C23H20N4O2. The lowest BCUT2D eigenvalue weighted by atomic mass is 9.90. The van der Waals surface area contributed by atoms with Gasteiger partial charge in [-0.2, -0.15) is 0 Å². The van der Waals surface area contributed by atoms with Gasteiger partial charge in [-0.1, -0.05) is 60.7 Å². The second-order valence-corrected chi connectivity index (χ2v) is 6.53. The van der Waals surface area contributed by atoms with Gasteiger partial charge in [0.25, 0.3) is 0 Å². The maximum Gasteiger partial charge on any atom is 0.247 e. The molecule has 1 amide bonds. The third-order valence-electron chi connectivity index (χ3n) is 4.56. The van der Waals surface area contributed by atoms with Gasteiger partial charge in [-0.25, -0.2) is 0 Å². The number of hydrogen-bond donors (Lipinski definition) is 1. The van der Waals surface area contributed by atoms with Gasteiger partial charge < -0.3 is 9.73 Å². The summed E-state index contributed by atoms with van der Waals surface area (Å²) in [5.41, 5.74) is 2.72. The predicted molar refractivity (Wildman–Crippen MR) is 109 cm³/mol. The van der Waals surface area contributed by atoms with Crippen molar-refractivity contribution in [3.8, 4) is 11.5 Å². The molecule has 0 unspecified atom stereocenters. The highest BCUT2D eigenvalue weighted by Gasteiger charge is 2.22. The van der Waals surface area contributed by atoms with Crippen LogP contribution in [0.1, 0.15) is 22.9 Å². The normalized spacial score (nSPS) is 10.8. The average molecular weight is 384 g/mol. The Labute approximate surface area is 168 Å². The minimum absolute atomic E-state index is 0.0590. The average Bonchev–Trinajstić information content (AvgIpc) is 3.25. The highest BCUT2D eigenvalue weighted by Crippen LogP contribution is 2.24. The largest absolute Gasteiger partial charge is 0.421 e. The fraction of sp³-hybridized carbons (Fsp3) is 0.130. The van der Waals surface area contributed by atoms with Gasteiger partial charge in [-0.05, 0) is 23.3 Å². The fourth-order valence-electron chi connectivity index (χ4n) is 3.15. The topological polar surface area (TPSA) is 80.9 Å². The van der Waals surface area contributed by atoms with Crippen molar-refractivity contribution in [2.75, 3.05) is 6.54 Å². The molecule has 0 atom stereocenters. The summed E-state index contributed by atoms with van der Waals surface area (Å²) in [4.78, 5) is 17.0. The molecule has 1 N–H and O–H groups in total. The van der Waals surface area contributed by atoms with Gasteiger partial charge in [0.2, 0.25) is 17.7 Å². The molecule has 0 radical (unpaired) electrons. The number of carbonyl (C=O) groups excluding carboxylic acids is 1. The number of amides is 1. The zero-order valence-corrected chi connectivity index (χ0v) is 15.7. The van der Waals surface area contributed by atoms with E-state index in [4.69, 9.17) is 4.42 Å². The Morgan fingerprint density at radius 1 is 0.862 bits per heavy atom. The molecule has 0 aliphatic rings. The summed E-state index contributed by atoms with van der Waals surface area (Å²) in [7, 11) is 0. The monoisotopic (exact) mass is 384 g/mol. The van der Waals surface area contributed by atoms with Crippen LogP contribution in [-0.4, -0.2) is 27.6 Å². The Kier molecular flexibility index (Phi) is 5.71. The van der Waals surface area contributed by atoms with Crippen molar-refractivity contribution in [3.63, 3.8) is 0 Å². The number of carbonyl (C=O) groups is 1. The van der Waals surface area contributed by atoms with Crippen LogP contribution in [0, 0.1) is 0 Å². The van der Waals surface area contributed by atoms with Gasteiger partial charge in [0.15, 0.2) is 0 Å². The molecule has 6 nitrogen and oxygen atoms in total. The quantitative estimate of drug-likeness (QED) is 0.526. The van der Waals surface area contributed by atoms with Crippen LogP contribution in [0.5, 0.6) is 0 Å². The lowest BCUT2D eigenvalue weighted by Gasteiger charge is -2.17. The zero-order chi connectivity index (χ0) is 19.9. The Morgan fingerprint density at radius 3 is 2.10 bits per heavy atom. The standard InChI is InChI=1S/C23H20N4O2/c28-22(21(17-7-3-1-4-8-17)18-9-5-2-6-10-18)25-16-13-20-26-27-23(29-20)19-11-14-24-15-12-19/h1-12,14-15,21H,13,16H2,(H,25,28). The maximum atomic E-state index is 13.0. The molecule has 0 spiro atoms. The highest BCUT2D eigenvalue weighted by molar-refractivity contribution is 5.87. The molecule has 0 aliphatic carbocycles. The Hall–Kier alpha value is -3.80. The van der Waals surface area contributed by atoms with Crippen molar-refractivity contribution in [3.05, 3.63) is 102 Å². The van der Waals surface area contributed by atoms with E-state index in [1.807, 2.05) is 72.8 Å². The minimum Gasteiger partial charge on any atom is -0.421 e. The van der Waals surface area contributed by atoms with E-state index in [1.165, 1.54) is 0 Å². The number of benzene rings is 2.